The van der Waals surface area contributed by atoms with Gasteiger partial charge in [0, 0.05) is 31.2 Å². The molecule has 0 saturated carbocycles. The molecule has 0 N–H and O–H groups in total. The number of halogens is 1. The molecule has 0 amide bonds. The third kappa shape index (κ3) is 3.07. The van der Waals surface area contributed by atoms with Gasteiger partial charge in [-0.25, -0.2) is 4.39 Å². The molecule has 2 aromatic rings. The summed E-state index contributed by atoms with van der Waals surface area (Å²) in [5, 5.41) is 1.20. The molecule has 0 radical (unpaired) electrons. The van der Waals surface area contributed by atoms with Crippen molar-refractivity contribution in [3.63, 3.8) is 0 Å². The van der Waals surface area contributed by atoms with Crippen molar-refractivity contribution in [1.29, 1.82) is 0 Å². The lowest BCUT2D eigenvalue weighted by Gasteiger charge is -2.28. The fourth-order valence-electron chi connectivity index (χ4n) is 3.35. The highest BCUT2D eigenvalue weighted by atomic mass is 19.1. The maximum absolute atomic E-state index is 13.6. The monoisotopic (exact) mass is 288 g/mol. The van der Waals surface area contributed by atoms with Gasteiger partial charge in [0.25, 0.3) is 0 Å². The van der Waals surface area contributed by atoms with Crippen LogP contribution in [0, 0.1) is 5.82 Å². The first-order valence-corrected chi connectivity index (χ1v) is 8.33. The molecule has 2 heterocycles. The van der Waals surface area contributed by atoms with Crippen LogP contribution < -0.4 is 4.90 Å². The van der Waals surface area contributed by atoms with E-state index in [0.29, 0.717) is 0 Å². The van der Waals surface area contributed by atoms with Crippen LogP contribution in [0.4, 0.5) is 10.1 Å². The Morgan fingerprint density at radius 3 is 2.67 bits per heavy atom. The smallest absolute Gasteiger partial charge is 0.125 e. The molecule has 1 aliphatic rings. The molecular weight excluding hydrogens is 263 g/mol. The molecule has 1 aliphatic heterocycles. The van der Waals surface area contributed by atoms with E-state index in [-0.39, 0.29) is 5.82 Å². The zero-order chi connectivity index (χ0) is 14.7. The summed E-state index contributed by atoms with van der Waals surface area (Å²) in [4.78, 5) is 2.47. The fraction of sp³-hybridized carbons (Fsp3) is 0.556. The molecule has 2 nitrogen and oxygen atoms in total. The largest absolute Gasteiger partial charge is 0.370 e. The van der Waals surface area contributed by atoms with Gasteiger partial charge < -0.3 is 9.47 Å². The first-order chi connectivity index (χ1) is 10.3. The Balaban J connectivity index is 1.95. The van der Waals surface area contributed by atoms with E-state index in [1.807, 2.05) is 6.07 Å². The Kier molecular flexibility index (Phi) is 4.47. The van der Waals surface area contributed by atoms with E-state index in [2.05, 4.69) is 22.6 Å². The molecule has 1 saturated heterocycles. The van der Waals surface area contributed by atoms with E-state index >= 15 is 0 Å². The van der Waals surface area contributed by atoms with Crippen LogP contribution in [0.25, 0.3) is 10.9 Å². The number of anilines is 1. The molecule has 0 aliphatic carbocycles. The number of nitrogens with zero attached hydrogens (tertiary/aromatic N) is 2. The second-order valence-electron chi connectivity index (χ2n) is 6.12. The van der Waals surface area contributed by atoms with Gasteiger partial charge in [0.2, 0.25) is 0 Å². The Morgan fingerprint density at radius 2 is 1.90 bits per heavy atom. The number of piperidine rings is 1. The molecular formula is C18H25FN2. The van der Waals surface area contributed by atoms with Crippen LogP contribution in [-0.4, -0.2) is 17.7 Å². The normalized spacial score (nSPS) is 15.8. The van der Waals surface area contributed by atoms with Crippen molar-refractivity contribution < 1.29 is 4.39 Å². The van der Waals surface area contributed by atoms with Crippen LogP contribution in [0.15, 0.2) is 24.4 Å². The Morgan fingerprint density at radius 1 is 1.10 bits per heavy atom. The molecule has 3 rings (SSSR count). The van der Waals surface area contributed by atoms with Crippen molar-refractivity contribution in [3.05, 3.63) is 30.2 Å². The molecule has 3 heteroatoms. The average molecular weight is 288 g/mol. The standard InChI is InChI=1S/C18H25FN2/c1-2-3-5-12-21-14-18(20-10-6-4-7-11-20)16-9-8-15(19)13-17(16)21/h8-9,13-14H,2-7,10-12H2,1H3. The summed E-state index contributed by atoms with van der Waals surface area (Å²) in [5.74, 6) is -0.137. The zero-order valence-electron chi connectivity index (χ0n) is 12.9. The van der Waals surface area contributed by atoms with Crippen molar-refractivity contribution in [2.75, 3.05) is 18.0 Å². The van der Waals surface area contributed by atoms with Gasteiger partial charge in [0.05, 0.1) is 11.2 Å². The summed E-state index contributed by atoms with van der Waals surface area (Å²) in [7, 11) is 0. The Labute approximate surface area is 126 Å². The van der Waals surface area contributed by atoms with Crippen molar-refractivity contribution >= 4 is 16.6 Å². The summed E-state index contributed by atoms with van der Waals surface area (Å²) in [5.41, 5.74) is 2.34. The zero-order valence-corrected chi connectivity index (χ0v) is 12.9. The van der Waals surface area contributed by atoms with Gasteiger partial charge in [-0.3, -0.25) is 0 Å². The summed E-state index contributed by atoms with van der Waals surface area (Å²) < 4.78 is 15.9. The molecule has 0 atom stereocenters. The van der Waals surface area contributed by atoms with Crippen molar-refractivity contribution in [2.24, 2.45) is 0 Å². The van der Waals surface area contributed by atoms with Gasteiger partial charge in [0.1, 0.15) is 5.82 Å². The number of benzene rings is 1. The number of rotatable bonds is 5. The number of aryl methyl sites for hydroxylation is 1. The maximum Gasteiger partial charge on any atom is 0.125 e. The van der Waals surface area contributed by atoms with Crippen LogP contribution in [0.5, 0.6) is 0 Å². The van der Waals surface area contributed by atoms with Crippen LogP contribution >= 0.6 is 0 Å². The van der Waals surface area contributed by atoms with Crippen molar-refractivity contribution in [2.45, 2.75) is 52.0 Å². The third-order valence-corrected chi connectivity index (χ3v) is 4.52. The summed E-state index contributed by atoms with van der Waals surface area (Å²) in [6.45, 7) is 5.46. The van der Waals surface area contributed by atoms with Gasteiger partial charge >= 0.3 is 0 Å². The van der Waals surface area contributed by atoms with E-state index in [1.54, 1.807) is 12.1 Å². The quantitative estimate of drug-likeness (QED) is 0.706. The van der Waals surface area contributed by atoms with Gasteiger partial charge in [-0.15, -0.1) is 0 Å². The molecule has 0 unspecified atom stereocenters. The lowest BCUT2D eigenvalue weighted by Crippen LogP contribution is -2.29. The highest BCUT2D eigenvalue weighted by Gasteiger charge is 2.17. The van der Waals surface area contributed by atoms with E-state index in [4.69, 9.17) is 0 Å². The van der Waals surface area contributed by atoms with Crippen LogP contribution in [0.3, 0.4) is 0 Å². The molecule has 1 fully saturated rings. The second kappa shape index (κ2) is 6.50. The van der Waals surface area contributed by atoms with Crippen LogP contribution in [0.1, 0.15) is 45.4 Å². The van der Waals surface area contributed by atoms with E-state index in [1.165, 1.54) is 43.2 Å². The number of hydrogen-bond acceptors (Lipinski definition) is 1. The minimum Gasteiger partial charge on any atom is -0.370 e. The maximum atomic E-state index is 13.6. The molecule has 0 spiro atoms. The number of hydrogen-bond donors (Lipinski definition) is 0. The van der Waals surface area contributed by atoms with Crippen molar-refractivity contribution in [3.8, 4) is 0 Å². The van der Waals surface area contributed by atoms with Gasteiger partial charge in [-0.1, -0.05) is 19.8 Å². The number of aromatic nitrogens is 1. The summed E-state index contributed by atoms with van der Waals surface area (Å²) in [6.07, 6.45) is 9.72. The molecule has 114 valence electrons. The third-order valence-electron chi connectivity index (χ3n) is 4.52. The minimum atomic E-state index is -0.137. The fourth-order valence-corrected chi connectivity index (χ4v) is 3.35. The van der Waals surface area contributed by atoms with Crippen LogP contribution in [0.2, 0.25) is 0 Å². The average Bonchev–Trinajstić information content (AvgIpc) is 2.87. The molecule has 1 aromatic heterocycles. The first-order valence-electron chi connectivity index (χ1n) is 8.33. The van der Waals surface area contributed by atoms with Crippen molar-refractivity contribution in [1.82, 2.24) is 4.57 Å². The van der Waals surface area contributed by atoms with E-state index < -0.39 is 0 Å². The lowest BCUT2D eigenvalue weighted by molar-refractivity contribution is 0.576. The SMILES string of the molecule is CCCCCn1cc(N2CCCCC2)c2ccc(F)cc21. The number of unbranched alkanes of at least 4 members (excludes halogenated alkanes) is 2. The topological polar surface area (TPSA) is 8.17 Å². The Hall–Kier alpha value is -1.51. The van der Waals surface area contributed by atoms with E-state index in [0.717, 1.165) is 31.6 Å². The second-order valence-corrected chi connectivity index (χ2v) is 6.12. The van der Waals surface area contributed by atoms with Crippen LogP contribution in [-0.2, 0) is 6.54 Å². The van der Waals surface area contributed by atoms with Gasteiger partial charge in [0.15, 0.2) is 0 Å². The minimum absolute atomic E-state index is 0.137. The Bertz CT molecular complexity index is 597. The van der Waals surface area contributed by atoms with Gasteiger partial charge in [-0.05, 0) is 43.9 Å². The molecule has 1 aromatic carbocycles. The predicted molar refractivity (Wildman–Crippen MR) is 87.5 cm³/mol. The number of fused-ring (bicyclic) bond motifs is 1. The molecule has 21 heavy (non-hydrogen) atoms. The first kappa shape index (κ1) is 14.4. The summed E-state index contributed by atoms with van der Waals surface area (Å²) >= 11 is 0. The highest BCUT2D eigenvalue weighted by molar-refractivity contribution is 5.93. The molecule has 0 bridgehead atoms. The summed E-state index contributed by atoms with van der Waals surface area (Å²) in [6, 6.07) is 5.23. The van der Waals surface area contributed by atoms with Gasteiger partial charge in [-0.2, -0.15) is 0 Å². The predicted octanol–water partition coefficient (Wildman–Crippen LogP) is 4.96. The lowest BCUT2D eigenvalue weighted by atomic mass is 10.1. The van der Waals surface area contributed by atoms with E-state index in [9.17, 15) is 4.39 Å². The highest BCUT2D eigenvalue weighted by Crippen LogP contribution is 2.32.